The van der Waals surface area contributed by atoms with Crippen molar-refractivity contribution in [2.45, 2.75) is 13.0 Å². The van der Waals surface area contributed by atoms with Gasteiger partial charge in [-0.3, -0.25) is 14.9 Å². The highest BCUT2D eigenvalue weighted by atomic mass is 16.6. The minimum atomic E-state index is -1.10. The summed E-state index contributed by atoms with van der Waals surface area (Å²) in [5.74, 6) is -1.15. The molecule has 0 aliphatic rings. The maximum absolute atomic E-state index is 10.6. The molecule has 1 atom stereocenters. The number of nitro groups is 1. The second-order valence-corrected chi connectivity index (χ2v) is 2.83. The molecule has 7 nitrogen and oxygen atoms in total. The normalized spacial score (nSPS) is 11.8. The van der Waals surface area contributed by atoms with Crippen molar-refractivity contribution in [1.82, 2.24) is 4.98 Å². The molecular formula is C8H9N3O4. The molecule has 80 valence electrons. The molecule has 7 heteroatoms. The van der Waals surface area contributed by atoms with Crippen LogP contribution in [-0.2, 0) is 4.79 Å². The summed E-state index contributed by atoms with van der Waals surface area (Å²) in [6.07, 6.45) is 1.35. The summed E-state index contributed by atoms with van der Waals surface area (Å²) in [5, 5.41) is 21.6. The smallest absolute Gasteiger partial charge is 0.325 e. The highest BCUT2D eigenvalue weighted by Gasteiger charge is 2.18. The van der Waals surface area contributed by atoms with Crippen LogP contribution in [0.2, 0.25) is 0 Å². The first-order valence-corrected chi connectivity index (χ1v) is 4.11. The summed E-state index contributed by atoms with van der Waals surface area (Å²) in [4.78, 5) is 24.2. The topological polar surface area (TPSA) is 105 Å². The largest absolute Gasteiger partial charge is 0.480 e. The van der Waals surface area contributed by atoms with Gasteiger partial charge >= 0.3 is 11.7 Å². The van der Waals surface area contributed by atoms with Crippen LogP contribution in [0, 0.1) is 10.1 Å². The molecule has 0 unspecified atom stereocenters. The van der Waals surface area contributed by atoms with Crippen molar-refractivity contribution in [2.75, 3.05) is 5.32 Å². The summed E-state index contributed by atoms with van der Waals surface area (Å²) in [6.45, 7) is 1.38. The van der Waals surface area contributed by atoms with E-state index in [0.29, 0.717) is 0 Å². The molecule has 0 saturated heterocycles. The van der Waals surface area contributed by atoms with Crippen LogP contribution in [0.4, 0.5) is 11.5 Å². The summed E-state index contributed by atoms with van der Waals surface area (Å²) in [6, 6.07) is 1.73. The number of aromatic nitrogens is 1. The first kappa shape index (κ1) is 10.9. The molecule has 0 bridgehead atoms. The number of rotatable bonds is 4. The molecular weight excluding hydrogens is 202 g/mol. The van der Waals surface area contributed by atoms with Gasteiger partial charge in [0.05, 0.1) is 4.92 Å². The van der Waals surface area contributed by atoms with Gasteiger partial charge in [0.25, 0.3) is 0 Å². The van der Waals surface area contributed by atoms with Crippen LogP contribution in [0.15, 0.2) is 18.3 Å². The fraction of sp³-hybridized carbons (Fsp3) is 0.250. The van der Waals surface area contributed by atoms with Gasteiger partial charge in [-0.05, 0) is 13.0 Å². The average molecular weight is 211 g/mol. The van der Waals surface area contributed by atoms with Gasteiger partial charge in [-0.15, -0.1) is 0 Å². The predicted octanol–water partition coefficient (Wildman–Crippen LogP) is 0.875. The van der Waals surface area contributed by atoms with Gasteiger partial charge in [-0.2, -0.15) is 0 Å². The average Bonchev–Trinajstić information content (AvgIpc) is 2.18. The molecule has 2 N–H and O–H groups in total. The molecule has 0 fully saturated rings. The van der Waals surface area contributed by atoms with Crippen molar-refractivity contribution >= 4 is 17.5 Å². The summed E-state index contributed by atoms with van der Waals surface area (Å²) >= 11 is 0. The molecule has 1 aromatic rings. The first-order chi connectivity index (χ1) is 7.02. The zero-order valence-electron chi connectivity index (χ0n) is 7.88. The van der Waals surface area contributed by atoms with Crippen molar-refractivity contribution < 1.29 is 14.8 Å². The van der Waals surface area contributed by atoms with Gasteiger partial charge < -0.3 is 10.4 Å². The monoisotopic (exact) mass is 211 g/mol. The predicted molar refractivity (Wildman–Crippen MR) is 51.6 cm³/mol. The number of carboxylic acid groups (broad SMARTS) is 1. The van der Waals surface area contributed by atoms with Gasteiger partial charge in [-0.25, -0.2) is 4.98 Å². The summed E-state index contributed by atoms with van der Waals surface area (Å²) < 4.78 is 0. The zero-order chi connectivity index (χ0) is 11.4. The molecule has 15 heavy (non-hydrogen) atoms. The third kappa shape index (κ3) is 2.63. The highest BCUT2D eigenvalue weighted by Crippen LogP contribution is 2.20. The quantitative estimate of drug-likeness (QED) is 0.565. The Hall–Kier alpha value is -2.18. The van der Waals surface area contributed by atoms with E-state index in [2.05, 4.69) is 10.3 Å². The van der Waals surface area contributed by atoms with Crippen LogP contribution in [0.1, 0.15) is 6.92 Å². The molecule has 0 saturated carbocycles. The van der Waals surface area contributed by atoms with Crippen LogP contribution in [0.25, 0.3) is 0 Å². The van der Waals surface area contributed by atoms with Crippen LogP contribution >= 0.6 is 0 Å². The maximum Gasteiger partial charge on any atom is 0.325 e. The number of carboxylic acids is 1. The summed E-state index contributed by atoms with van der Waals surface area (Å²) in [5.41, 5.74) is -0.245. The van der Waals surface area contributed by atoms with Gasteiger partial charge in [0.15, 0.2) is 0 Å². The number of pyridine rings is 1. The van der Waals surface area contributed by atoms with E-state index in [4.69, 9.17) is 5.11 Å². The van der Waals surface area contributed by atoms with Crippen LogP contribution < -0.4 is 5.32 Å². The highest BCUT2D eigenvalue weighted by molar-refractivity contribution is 5.77. The Labute approximate surface area is 84.9 Å². The number of aliphatic carboxylic acids is 1. The molecule has 0 radical (unpaired) electrons. The second-order valence-electron chi connectivity index (χ2n) is 2.83. The fourth-order valence-corrected chi connectivity index (χ4v) is 0.922. The van der Waals surface area contributed by atoms with E-state index in [9.17, 15) is 14.9 Å². The SMILES string of the molecule is C[C@H](Nc1ncccc1[N+](=O)[O-])C(=O)O. The van der Waals surface area contributed by atoms with E-state index < -0.39 is 16.9 Å². The van der Waals surface area contributed by atoms with Gasteiger partial charge in [0, 0.05) is 12.3 Å². The van der Waals surface area contributed by atoms with Crippen molar-refractivity contribution in [3.63, 3.8) is 0 Å². The lowest BCUT2D eigenvalue weighted by molar-refractivity contribution is -0.384. The lowest BCUT2D eigenvalue weighted by Crippen LogP contribution is -2.26. The van der Waals surface area contributed by atoms with Crippen molar-refractivity contribution in [3.8, 4) is 0 Å². The van der Waals surface area contributed by atoms with E-state index in [1.807, 2.05) is 0 Å². The van der Waals surface area contributed by atoms with Crippen molar-refractivity contribution in [1.29, 1.82) is 0 Å². The lowest BCUT2D eigenvalue weighted by Gasteiger charge is -2.09. The minimum Gasteiger partial charge on any atom is -0.480 e. The lowest BCUT2D eigenvalue weighted by atomic mass is 10.3. The Morgan fingerprint density at radius 2 is 2.40 bits per heavy atom. The fourth-order valence-electron chi connectivity index (χ4n) is 0.922. The van der Waals surface area contributed by atoms with Crippen molar-refractivity contribution in [2.24, 2.45) is 0 Å². The van der Waals surface area contributed by atoms with Crippen molar-refractivity contribution in [3.05, 3.63) is 28.4 Å². The third-order valence-electron chi connectivity index (χ3n) is 1.71. The second kappa shape index (κ2) is 4.36. The minimum absolute atomic E-state index is 0.0441. The third-order valence-corrected chi connectivity index (χ3v) is 1.71. The molecule has 0 amide bonds. The Balaban J connectivity index is 2.94. The molecule has 0 aliphatic heterocycles. The van der Waals surface area contributed by atoms with E-state index in [1.54, 1.807) is 0 Å². The van der Waals surface area contributed by atoms with E-state index in [1.165, 1.54) is 25.3 Å². The maximum atomic E-state index is 10.6. The number of nitrogens with one attached hydrogen (secondary N) is 1. The first-order valence-electron chi connectivity index (χ1n) is 4.11. The molecule has 1 heterocycles. The van der Waals surface area contributed by atoms with Crippen LogP contribution in [-0.4, -0.2) is 27.0 Å². The Morgan fingerprint density at radius 1 is 1.73 bits per heavy atom. The van der Waals surface area contributed by atoms with E-state index in [0.717, 1.165) is 0 Å². The Kier molecular flexibility index (Phi) is 3.17. The van der Waals surface area contributed by atoms with Crippen LogP contribution in [0.5, 0.6) is 0 Å². The molecule has 0 spiro atoms. The number of hydrogen-bond acceptors (Lipinski definition) is 5. The standard InChI is InChI=1S/C8H9N3O4/c1-5(8(12)13)10-7-6(11(14)15)3-2-4-9-7/h2-5H,1H3,(H,9,10)(H,12,13)/t5-/m0/s1. The van der Waals surface area contributed by atoms with Crippen LogP contribution in [0.3, 0.4) is 0 Å². The van der Waals surface area contributed by atoms with E-state index in [-0.39, 0.29) is 11.5 Å². The molecule has 1 rings (SSSR count). The Bertz CT molecular complexity index is 393. The summed E-state index contributed by atoms with van der Waals surface area (Å²) in [7, 11) is 0. The molecule has 0 aliphatic carbocycles. The Morgan fingerprint density at radius 3 is 2.93 bits per heavy atom. The number of nitrogens with zero attached hydrogens (tertiary/aromatic N) is 2. The number of carbonyl (C=O) groups is 1. The van der Waals surface area contributed by atoms with Gasteiger partial charge in [0.2, 0.25) is 5.82 Å². The van der Waals surface area contributed by atoms with Gasteiger partial charge in [-0.1, -0.05) is 0 Å². The van der Waals surface area contributed by atoms with Gasteiger partial charge in [0.1, 0.15) is 6.04 Å². The molecule has 0 aromatic carbocycles. The molecule has 1 aromatic heterocycles. The number of anilines is 1. The van der Waals surface area contributed by atoms with E-state index >= 15 is 0 Å². The number of hydrogen-bond donors (Lipinski definition) is 2. The zero-order valence-corrected chi connectivity index (χ0v) is 7.88.